The van der Waals surface area contributed by atoms with Gasteiger partial charge in [0.15, 0.2) is 0 Å². The highest BCUT2D eigenvalue weighted by molar-refractivity contribution is 9.10. The van der Waals surface area contributed by atoms with E-state index >= 15 is 0 Å². The number of halogens is 1. The number of methoxy groups -OCH3 is 1. The van der Waals surface area contributed by atoms with Crippen molar-refractivity contribution in [2.75, 3.05) is 7.11 Å². The van der Waals surface area contributed by atoms with E-state index in [9.17, 15) is 9.90 Å². The van der Waals surface area contributed by atoms with Gasteiger partial charge in [0.25, 0.3) is 0 Å². The van der Waals surface area contributed by atoms with Crippen molar-refractivity contribution in [3.05, 3.63) is 52.8 Å². The second-order valence-corrected chi connectivity index (χ2v) is 5.16. The van der Waals surface area contributed by atoms with Crippen LogP contribution in [0.4, 0.5) is 0 Å². The summed E-state index contributed by atoms with van der Waals surface area (Å²) >= 11 is 3.46. The van der Waals surface area contributed by atoms with E-state index in [0.29, 0.717) is 10.3 Å². The number of carbonyl (C=O) groups is 1. The molecule has 6 heteroatoms. The maximum Gasteiger partial charge on any atom is 0.138 e. The number of imidazole rings is 1. The molecule has 0 saturated heterocycles. The van der Waals surface area contributed by atoms with E-state index in [1.165, 1.54) is 12.3 Å². The first-order valence-corrected chi connectivity index (χ1v) is 6.93. The Morgan fingerprint density at radius 1 is 1.24 bits per heavy atom. The van der Waals surface area contributed by atoms with Crippen LogP contribution in [0.25, 0.3) is 16.9 Å². The number of pyridine rings is 1. The smallest absolute Gasteiger partial charge is 0.138 e. The van der Waals surface area contributed by atoms with Crippen LogP contribution in [0.3, 0.4) is 0 Å². The van der Waals surface area contributed by atoms with E-state index < -0.39 is 5.97 Å². The predicted molar refractivity (Wildman–Crippen MR) is 79.2 cm³/mol. The lowest BCUT2D eigenvalue weighted by atomic mass is 10.2. The van der Waals surface area contributed by atoms with E-state index in [1.807, 2.05) is 24.3 Å². The Bertz CT molecular complexity index is 825. The fourth-order valence-electron chi connectivity index (χ4n) is 2.07. The fraction of sp³-hybridized carbons (Fsp3) is 0.0667. The van der Waals surface area contributed by atoms with Gasteiger partial charge in [-0.2, -0.15) is 0 Å². The molecule has 0 spiro atoms. The molecule has 0 radical (unpaired) electrons. The molecular weight excluding hydrogens is 336 g/mol. The van der Waals surface area contributed by atoms with Crippen LogP contribution in [0.1, 0.15) is 10.4 Å². The van der Waals surface area contributed by atoms with Gasteiger partial charge < -0.3 is 14.6 Å². The lowest BCUT2D eigenvalue weighted by Gasteiger charge is -2.03. The molecule has 106 valence electrons. The molecule has 0 saturated carbocycles. The first-order valence-electron chi connectivity index (χ1n) is 6.13. The first-order chi connectivity index (χ1) is 10.1. The van der Waals surface area contributed by atoms with E-state index in [0.717, 1.165) is 17.0 Å². The lowest BCUT2D eigenvalue weighted by Crippen LogP contribution is -2.22. The Balaban J connectivity index is 2.14. The van der Waals surface area contributed by atoms with Gasteiger partial charge >= 0.3 is 0 Å². The fourth-order valence-corrected chi connectivity index (χ4v) is 2.67. The zero-order valence-corrected chi connectivity index (χ0v) is 12.6. The summed E-state index contributed by atoms with van der Waals surface area (Å²) in [4.78, 5) is 15.4. The molecule has 5 nitrogen and oxygen atoms in total. The van der Waals surface area contributed by atoms with Gasteiger partial charge in [0.05, 0.1) is 13.1 Å². The number of carbonyl (C=O) groups excluding carboxylic acids is 1. The Morgan fingerprint density at radius 3 is 2.57 bits per heavy atom. The highest BCUT2D eigenvalue weighted by Crippen LogP contribution is 2.30. The molecular formula is C15H10BrN2O3-. The maximum absolute atomic E-state index is 10.9. The zero-order valence-electron chi connectivity index (χ0n) is 11.0. The van der Waals surface area contributed by atoms with Crippen molar-refractivity contribution < 1.29 is 14.6 Å². The SMILES string of the molecule is COc1ccc(-c2nc3ccc(C(=O)[O-])cn3c2Br)cc1. The molecule has 0 aliphatic carbocycles. The minimum absolute atomic E-state index is 0.0990. The van der Waals surface area contributed by atoms with Crippen molar-refractivity contribution in [3.8, 4) is 17.0 Å². The van der Waals surface area contributed by atoms with Crippen LogP contribution in [0.2, 0.25) is 0 Å². The van der Waals surface area contributed by atoms with Crippen LogP contribution in [-0.2, 0) is 0 Å². The largest absolute Gasteiger partial charge is 0.545 e. The summed E-state index contributed by atoms with van der Waals surface area (Å²) in [5, 5.41) is 10.9. The normalized spacial score (nSPS) is 10.8. The first kappa shape index (κ1) is 13.6. The second kappa shape index (κ2) is 5.21. The van der Waals surface area contributed by atoms with Crippen molar-refractivity contribution >= 4 is 27.5 Å². The molecule has 21 heavy (non-hydrogen) atoms. The quantitative estimate of drug-likeness (QED) is 0.729. The van der Waals surface area contributed by atoms with Crippen LogP contribution in [0, 0.1) is 0 Å². The molecule has 0 unspecified atom stereocenters. The molecule has 2 aromatic heterocycles. The van der Waals surface area contributed by atoms with Crippen molar-refractivity contribution in [1.82, 2.24) is 9.38 Å². The highest BCUT2D eigenvalue weighted by Gasteiger charge is 2.12. The van der Waals surface area contributed by atoms with E-state index in [4.69, 9.17) is 4.74 Å². The third-order valence-corrected chi connectivity index (χ3v) is 3.92. The van der Waals surface area contributed by atoms with E-state index in [-0.39, 0.29) is 5.56 Å². The van der Waals surface area contributed by atoms with Gasteiger partial charge in [0, 0.05) is 17.3 Å². The molecule has 0 aliphatic rings. The number of rotatable bonds is 3. The molecule has 3 aromatic rings. The second-order valence-electron chi connectivity index (χ2n) is 4.41. The average molecular weight is 346 g/mol. The summed E-state index contributed by atoms with van der Waals surface area (Å²) in [5.74, 6) is -0.457. The number of carboxylic acids is 1. The Morgan fingerprint density at radius 2 is 1.95 bits per heavy atom. The number of hydrogen-bond donors (Lipinski definition) is 0. The van der Waals surface area contributed by atoms with Gasteiger partial charge in [-0.3, -0.25) is 4.40 Å². The number of carboxylic acid groups (broad SMARTS) is 1. The number of ether oxygens (including phenoxy) is 1. The third kappa shape index (κ3) is 2.38. The number of aromatic nitrogens is 2. The highest BCUT2D eigenvalue weighted by atomic mass is 79.9. The monoisotopic (exact) mass is 345 g/mol. The number of hydrogen-bond acceptors (Lipinski definition) is 4. The lowest BCUT2D eigenvalue weighted by molar-refractivity contribution is -0.255. The van der Waals surface area contributed by atoms with Gasteiger partial charge in [0.1, 0.15) is 21.7 Å². The van der Waals surface area contributed by atoms with Gasteiger partial charge in [-0.15, -0.1) is 0 Å². The van der Waals surface area contributed by atoms with Crippen LogP contribution in [-0.4, -0.2) is 22.5 Å². The number of nitrogens with zero attached hydrogens (tertiary/aromatic N) is 2. The Labute approximate surface area is 128 Å². The number of aromatic carboxylic acids is 1. The summed E-state index contributed by atoms with van der Waals surface area (Å²) in [6.07, 6.45) is 1.48. The molecule has 2 heterocycles. The van der Waals surface area contributed by atoms with Gasteiger partial charge in [-0.1, -0.05) is 0 Å². The molecule has 1 aromatic carbocycles. The summed E-state index contributed by atoms with van der Waals surface area (Å²) in [7, 11) is 1.61. The van der Waals surface area contributed by atoms with Crippen LogP contribution >= 0.6 is 15.9 Å². The predicted octanol–water partition coefficient (Wildman–Crippen LogP) is 2.14. The minimum Gasteiger partial charge on any atom is -0.545 e. The summed E-state index contributed by atoms with van der Waals surface area (Å²) in [6, 6.07) is 10.6. The molecule has 0 atom stereocenters. The zero-order chi connectivity index (χ0) is 15.0. The average Bonchev–Trinajstić information content (AvgIpc) is 2.84. The van der Waals surface area contributed by atoms with Gasteiger partial charge in [-0.25, -0.2) is 4.98 Å². The topological polar surface area (TPSA) is 66.7 Å². The van der Waals surface area contributed by atoms with Crippen LogP contribution in [0.5, 0.6) is 5.75 Å². The minimum atomic E-state index is -1.22. The van der Waals surface area contributed by atoms with Gasteiger partial charge in [0.2, 0.25) is 0 Å². The number of fused-ring (bicyclic) bond motifs is 1. The number of benzene rings is 1. The Hall–Kier alpha value is -2.34. The van der Waals surface area contributed by atoms with Crippen molar-refractivity contribution in [2.24, 2.45) is 0 Å². The van der Waals surface area contributed by atoms with Crippen LogP contribution < -0.4 is 9.84 Å². The molecule has 0 bridgehead atoms. The molecule has 0 amide bonds. The molecule has 0 aliphatic heterocycles. The molecule has 0 fully saturated rings. The van der Waals surface area contributed by atoms with Crippen molar-refractivity contribution in [1.29, 1.82) is 0 Å². The maximum atomic E-state index is 10.9. The molecule has 3 rings (SSSR count). The summed E-state index contributed by atoms with van der Waals surface area (Å²) in [6.45, 7) is 0. The summed E-state index contributed by atoms with van der Waals surface area (Å²) < 4.78 is 7.48. The van der Waals surface area contributed by atoms with E-state index in [1.54, 1.807) is 17.6 Å². The standard InChI is InChI=1S/C15H11BrN2O3/c1-21-11-5-2-9(3-6-11)13-14(16)18-8-10(15(19)20)4-7-12(18)17-13/h2-8H,1H3,(H,19,20)/p-1. The molecule has 0 N–H and O–H groups in total. The third-order valence-electron chi connectivity index (χ3n) is 3.16. The Kier molecular flexibility index (Phi) is 3.39. The van der Waals surface area contributed by atoms with Crippen molar-refractivity contribution in [2.45, 2.75) is 0 Å². The van der Waals surface area contributed by atoms with Gasteiger partial charge in [-0.05, 0) is 52.3 Å². The van der Waals surface area contributed by atoms with Crippen molar-refractivity contribution in [3.63, 3.8) is 0 Å². The summed E-state index contributed by atoms with van der Waals surface area (Å²) in [5.41, 5.74) is 2.38. The van der Waals surface area contributed by atoms with Crippen LogP contribution in [0.15, 0.2) is 47.2 Å². The van der Waals surface area contributed by atoms with E-state index in [2.05, 4.69) is 20.9 Å².